The van der Waals surface area contributed by atoms with Gasteiger partial charge in [0.15, 0.2) is 0 Å². The first-order valence-corrected chi connectivity index (χ1v) is 7.62. The molecule has 1 aromatic rings. The second-order valence-electron chi connectivity index (χ2n) is 5.65. The van der Waals surface area contributed by atoms with Crippen LogP contribution in [0.3, 0.4) is 0 Å². The fourth-order valence-electron chi connectivity index (χ4n) is 2.56. The van der Waals surface area contributed by atoms with Crippen molar-refractivity contribution in [3.05, 3.63) is 35.4 Å². The van der Waals surface area contributed by atoms with Crippen LogP contribution in [-0.2, 0) is 9.59 Å². The molecular formula is C16H18F2N2O4. The first kappa shape index (κ1) is 17.8. The minimum absolute atomic E-state index is 0.164. The Morgan fingerprint density at radius 2 is 2.04 bits per heavy atom. The minimum atomic E-state index is -0.944. The Balaban J connectivity index is 1.72. The number of amides is 2. The normalized spacial score (nSPS) is 16.9. The van der Waals surface area contributed by atoms with Crippen molar-refractivity contribution in [2.45, 2.75) is 19.3 Å². The molecule has 1 aromatic carbocycles. The van der Waals surface area contributed by atoms with Crippen molar-refractivity contribution < 1.29 is 28.3 Å². The lowest BCUT2D eigenvalue weighted by molar-refractivity contribution is -0.141. The van der Waals surface area contributed by atoms with Crippen LogP contribution in [-0.4, -0.2) is 47.4 Å². The van der Waals surface area contributed by atoms with E-state index < -0.39 is 29.4 Å². The van der Waals surface area contributed by atoms with E-state index in [0.717, 1.165) is 12.1 Å². The van der Waals surface area contributed by atoms with Crippen LogP contribution in [0.15, 0.2) is 18.2 Å². The van der Waals surface area contributed by atoms with Crippen LogP contribution in [0.4, 0.5) is 8.78 Å². The molecule has 1 saturated heterocycles. The van der Waals surface area contributed by atoms with Crippen molar-refractivity contribution in [1.29, 1.82) is 0 Å². The van der Waals surface area contributed by atoms with Gasteiger partial charge in [-0.3, -0.25) is 14.4 Å². The Kier molecular flexibility index (Phi) is 5.83. The fourth-order valence-corrected chi connectivity index (χ4v) is 2.56. The minimum Gasteiger partial charge on any atom is -0.481 e. The number of carboxylic acids is 1. The summed E-state index contributed by atoms with van der Waals surface area (Å²) in [5, 5.41) is 11.4. The molecule has 0 radical (unpaired) electrons. The van der Waals surface area contributed by atoms with Crippen LogP contribution in [0.5, 0.6) is 0 Å². The molecule has 2 rings (SSSR count). The summed E-state index contributed by atoms with van der Waals surface area (Å²) in [5.74, 6) is -3.97. The molecule has 0 aromatic heterocycles. The predicted molar refractivity (Wildman–Crippen MR) is 80.2 cm³/mol. The zero-order chi connectivity index (χ0) is 17.7. The summed E-state index contributed by atoms with van der Waals surface area (Å²) < 4.78 is 26.2. The lowest BCUT2D eigenvalue weighted by atomic mass is 10.1. The Labute approximate surface area is 137 Å². The molecule has 1 aliphatic heterocycles. The summed E-state index contributed by atoms with van der Waals surface area (Å²) in [5.41, 5.74) is -0.258. The molecule has 0 aliphatic carbocycles. The highest BCUT2D eigenvalue weighted by Crippen LogP contribution is 2.17. The summed E-state index contributed by atoms with van der Waals surface area (Å²) in [6.07, 6.45) is 0.960. The van der Waals surface area contributed by atoms with E-state index in [0.29, 0.717) is 25.5 Å². The number of hydrogen-bond donors (Lipinski definition) is 2. The monoisotopic (exact) mass is 340 g/mol. The van der Waals surface area contributed by atoms with Gasteiger partial charge in [0.1, 0.15) is 11.6 Å². The van der Waals surface area contributed by atoms with Gasteiger partial charge >= 0.3 is 5.97 Å². The molecule has 8 heteroatoms. The SMILES string of the molecule is O=C(NCCCC(=O)N1CCC(C(=O)O)C1)c1ccc(F)cc1F. The quantitative estimate of drug-likeness (QED) is 0.767. The highest BCUT2D eigenvalue weighted by Gasteiger charge is 2.30. The maximum Gasteiger partial charge on any atom is 0.308 e. The number of likely N-dealkylation sites (tertiary alicyclic amines) is 1. The van der Waals surface area contributed by atoms with Gasteiger partial charge in [-0.05, 0) is 25.0 Å². The average Bonchev–Trinajstić information content (AvgIpc) is 3.01. The highest BCUT2D eigenvalue weighted by molar-refractivity contribution is 5.94. The summed E-state index contributed by atoms with van der Waals surface area (Å²) in [4.78, 5) is 36.0. The second-order valence-corrected chi connectivity index (χ2v) is 5.65. The Morgan fingerprint density at radius 3 is 2.67 bits per heavy atom. The van der Waals surface area contributed by atoms with Crippen LogP contribution in [0.2, 0.25) is 0 Å². The molecule has 0 bridgehead atoms. The van der Waals surface area contributed by atoms with Crippen LogP contribution >= 0.6 is 0 Å². The fraction of sp³-hybridized carbons (Fsp3) is 0.438. The Bertz CT molecular complexity index is 651. The summed E-state index contributed by atoms with van der Waals surface area (Å²) >= 11 is 0. The Morgan fingerprint density at radius 1 is 1.29 bits per heavy atom. The van der Waals surface area contributed by atoms with E-state index in [4.69, 9.17) is 5.11 Å². The van der Waals surface area contributed by atoms with Gasteiger partial charge in [0.2, 0.25) is 5.91 Å². The standard InChI is InChI=1S/C16H18F2N2O4/c17-11-3-4-12(13(18)8-11)15(22)19-6-1-2-14(21)20-7-5-10(9-20)16(23)24/h3-4,8,10H,1-2,5-7,9H2,(H,19,22)(H,23,24). The molecule has 2 N–H and O–H groups in total. The third-order valence-electron chi connectivity index (χ3n) is 3.92. The van der Waals surface area contributed by atoms with Crippen LogP contribution in [0, 0.1) is 17.6 Å². The number of carbonyl (C=O) groups excluding carboxylic acids is 2. The number of benzene rings is 1. The van der Waals surface area contributed by atoms with E-state index in [1.807, 2.05) is 0 Å². The van der Waals surface area contributed by atoms with Crippen molar-refractivity contribution in [2.24, 2.45) is 5.92 Å². The molecule has 6 nitrogen and oxygen atoms in total. The molecule has 0 saturated carbocycles. The number of nitrogens with zero attached hydrogens (tertiary/aromatic N) is 1. The van der Waals surface area contributed by atoms with Gasteiger partial charge in [-0.15, -0.1) is 0 Å². The third-order valence-corrected chi connectivity index (χ3v) is 3.92. The summed E-state index contributed by atoms with van der Waals surface area (Å²) in [7, 11) is 0. The molecule has 24 heavy (non-hydrogen) atoms. The van der Waals surface area contributed by atoms with Gasteiger partial charge in [-0.2, -0.15) is 0 Å². The van der Waals surface area contributed by atoms with Gasteiger partial charge in [0, 0.05) is 32.1 Å². The van der Waals surface area contributed by atoms with E-state index in [1.165, 1.54) is 4.90 Å². The predicted octanol–water partition coefficient (Wildman–Crippen LogP) is 1.41. The van der Waals surface area contributed by atoms with Crippen molar-refractivity contribution in [3.8, 4) is 0 Å². The number of nitrogens with one attached hydrogen (secondary N) is 1. The van der Waals surface area contributed by atoms with Crippen molar-refractivity contribution in [3.63, 3.8) is 0 Å². The zero-order valence-corrected chi connectivity index (χ0v) is 12.9. The summed E-state index contributed by atoms with van der Waals surface area (Å²) in [6.45, 7) is 0.794. The maximum atomic E-state index is 13.4. The lowest BCUT2D eigenvalue weighted by Crippen LogP contribution is -2.31. The van der Waals surface area contributed by atoms with Gasteiger partial charge in [-0.1, -0.05) is 0 Å². The lowest BCUT2D eigenvalue weighted by Gasteiger charge is -2.15. The van der Waals surface area contributed by atoms with Crippen LogP contribution < -0.4 is 5.32 Å². The second kappa shape index (κ2) is 7.85. The van der Waals surface area contributed by atoms with E-state index in [2.05, 4.69) is 5.32 Å². The van der Waals surface area contributed by atoms with Crippen LogP contribution in [0.1, 0.15) is 29.6 Å². The molecule has 0 spiro atoms. The molecule has 1 unspecified atom stereocenters. The largest absolute Gasteiger partial charge is 0.481 e. The first-order valence-electron chi connectivity index (χ1n) is 7.62. The maximum absolute atomic E-state index is 13.4. The topological polar surface area (TPSA) is 86.7 Å². The van der Waals surface area contributed by atoms with E-state index in [1.54, 1.807) is 0 Å². The first-order chi connectivity index (χ1) is 11.4. The summed E-state index contributed by atoms with van der Waals surface area (Å²) in [6, 6.07) is 2.68. The zero-order valence-electron chi connectivity index (χ0n) is 12.9. The number of rotatable bonds is 6. The Hall–Kier alpha value is -2.51. The molecule has 2 amide bonds. The molecular weight excluding hydrogens is 322 g/mol. The van der Waals surface area contributed by atoms with E-state index in [9.17, 15) is 23.2 Å². The van der Waals surface area contributed by atoms with Crippen molar-refractivity contribution in [1.82, 2.24) is 10.2 Å². The van der Waals surface area contributed by atoms with Gasteiger partial charge in [0.05, 0.1) is 11.5 Å². The van der Waals surface area contributed by atoms with Gasteiger partial charge in [0.25, 0.3) is 5.91 Å². The number of aliphatic carboxylic acids is 1. The molecule has 1 atom stereocenters. The van der Waals surface area contributed by atoms with Crippen molar-refractivity contribution >= 4 is 17.8 Å². The van der Waals surface area contributed by atoms with E-state index >= 15 is 0 Å². The van der Waals surface area contributed by atoms with E-state index in [-0.39, 0.29) is 31.0 Å². The molecule has 1 fully saturated rings. The smallest absolute Gasteiger partial charge is 0.308 e. The van der Waals surface area contributed by atoms with Gasteiger partial charge < -0.3 is 15.3 Å². The average molecular weight is 340 g/mol. The molecule has 1 aliphatic rings. The van der Waals surface area contributed by atoms with Crippen molar-refractivity contribution in [2.75, 3.05) is 19.6 Å². The third kappa shape index (κ3) is 4.50. The highest BCUT2D eigenvalue weighted by atomic mass is 19.1. The number of carboxylic acid groups (broad SMARTS) is 1. The van der Waals surface area contributed by atoms with Crippen LogP contribution in [0.25, 0.3) is 0 Å². The van der Waals surface area contributed by atoms with Gasteiger partial charge in [-0.25, -0.2) is 8.78 Å². The molecule has 130 valence electrons. The molecule has 1 heterocycles. The number of hydrogen-bond acceptors (Lipinski definition) is 3. The number of halogens is 2. The number of carbonyl (C=O) groups is 3.